The van der Waals surface area contributed by atoms with Crippen LogP contribution in [0.5, 0.6) is 0 Å². The Labute approximate surface area is 153 Å². The van der Waals surface area contributed by atoms with E-state index in [-0.39, 0.29) is 0 Å². The largest absolute Gasteiger partial charge is 0.371 e. The van der Waals surface area contributed by atoms with Crippen LogP contribution in [-0.2, 0) is 0 Å². The minimum Gasteiger partial charge on any atom is -0.371 e. The number of hydrogen-bond acceptors (Lipinski definition) is 3. The minimum absolute atomic E-state index is 0.510. The van der Waals surface area contributed by atoms with E-state index in [2.05, 4.69) is 36.2 Å². The highest BCUT2D eigenvalue weighted by Gasteiger charge is 2.33. The summed E-state index contributed by atoms with van der Waals surface area (Å²) in [5, 5.41) is 11.4. The van der Waals surface area contributed by atoms with E-state index < -0.39 is 0 Å². The van der Waals surface area contributed by atoms with Crippen LogP contribution in [0.2, 0.25) is 19.0 Å². The zero-order chi connectivity index (χ0) is 17.5. The summed E-state index contributed by atoms with van der Waals surface area (Å²) in [5.41, 5.74) is 0. The van der Waals surface area contributed by atoms with Crippen molar-refractivity contribution in [3.8, 4) is 0 Å². The standard InChI is InChI=1S/C18H42B3N3/c1-4-7-10-13-16-19-22-20(17-14-11-8-5-2)24-21(23-19)18-15-12-9-6-3/h22-24H,4-18H2,1-3H3. The van der Waals surface area contributed by atoms with Crippen LogP contribution in [0.1, 0.15) is 97.8 Å². The number of unbranched alkanes of at least 4 members (excludes halogenated alkanes) is 9. The van der Waals surface area contributed by atoms with Crippen molar-refractivity contribution < 1.29 is 0 Å². The highest BCUT2D eigenvalue weighted by Crippen LogP contribution is 2.11. The Bertz CT molecular complexity index is 233. The van der Waals surface area contributed by atoms with E-state index in [0.29, 0.717) is 20.9 Å². The van der Waals surface area contributed by atoms with Gasteiger partial charge in [-0.05, 0) is 19.0 Å². The van der Waals surface area contributed by atoms with Gasteiger partial charge in [0, 0.05) is 0 Å². The smallest absolute Gasteiger partial charge is 0.284 e. The molecule has 3 N–H and O–H groups in total. The molecule has 1 heterocycles. The average molecular weight is 333 g/mol. The van der Waals surface area contributed by atoms with Crippen molar-refractivity contribution in [3.63, 3.8) is 0 Å². The molecular weight excluding hydrogens is 291 g/mol. The van der Waals surface area contributed by atoms with E-state index in [1.54, 1.807) is 0 Å². The van der Waals surface area contributed by atoms with E-state index in [1.807, 2.05) is 0 Å². The second-order valence-corrected chi connectivity index (χ2v) is 7.71. The Morgan fingerprint density at radius 2 is 0.708 bits per heavy atom. The summed E-state index contributed by atoms with van der Waals surface area (Å²) in [4.78, 5) is 0. The van der Waals surface area contributed by atoms with Crippen molar-refractivity contribution in [1.29, 1.82) is 0 Å². The molecule has 0 atom stereocenters. The van der Waals surface area contributed by atoms with E-state index in [4.69, 9.17) is 0 Å². The van der Waals surface area contributed by atoms with Crippen molar-refractivity contribution in [2.75, 3.05) is 0 Å². The van der Waals surface area contributed by atoms with Gasteiger partial charge in [0.1, 0.15) is 0 Å². The van der Waals surface area contributed by atoms with Crippen LogP contribution in [0.15, 0.2) is 0 Å². The van der Waals surface area contributed by atoms with Gasteiger partial charge in [0.2, 0.25) is 0 Å². The molecule has 1 fully saturated rings. The van der Waals surface area contributed by atoms with Crippen molar-refractivity contribution in [1.82, 2.24) is 15.4 Å². The van der Waals surface area contributed by atoms with Gasteiger partial charge >= 0.3 is 0 Å². The van der Waals surface area contributed by atoms with Crippen molar-refractivity contribution in [2.45, 2.75) is 117 Å². The molecule has 6 heteroatoms. The first-order chi connectivity index (χ1) is 11.8. The summed E-state index contributed by atoms with van der Waals surface area (Å²) in [5.74, 6) is 0. The van der Waals surface area contributed by atoms with Crippen molar-refractivity contribution in [2.24, 2.45) is 0 Å². The molecule has 1 aliphatic heterocycles. The van der Waals surface area contributed by atoms with E-state index in [0.717, 1.165) is 0 Å². The third-order valence-electron chi connectivity index (χ3n) is 5.25. The predicted octanol–water partition coefficient (Wildman–Crippen LogP) is 4.97. The Morgan fingerprint density at radius 3 is 0.958 bits per heavy atom. The van der Waals surface area contributed by atoms with Gasteiger partial charge in [-0.1, -0.05) is 97.8 Å². The lowest BCUT2D eigenvalue weighted by Gasteiger charge is -2.34. The zero-order valence-corrected chi connectivity index (χ0v) is 16.8. The normalized spacial score (nSPS) is 15.4. The van der Waals surface area contributed by atoms with Gasteiger partial charge in [0.25, 0.3) is 20.9 Å². The molecule has 1 rings (SSSR count). The predicted molar refractivity (Wildman–Crippen MR) is 114 cm³/mol. The van der Waals surface area contributed by atoms with E-state index >= 15 is 0 Å². The topological polar surface area (TPSA) is 36.1 Å². The zero-order valence-electron chi connectivity index (χ0n) is 16.8. The van der Waals surface area contributed by atoms with Gasteiger partial charge in [-0.15, -0.1) is 0 Å². The Balaban J connectivity index is 2.33. The number of hydrogen-bond donors (Lipinski definition) is 3. The summed E-state index contributed by atoms with van der Waals surface area (Å²) >= 11 is 0. The maximum absolute atomic E-state index is 3.82. The Kier molecular flexibility index (Phi) is 14.1. The Morgan fingerprint density at radius 1 is 0.417 bits per heavy atom. The molecule has 24 heavy (non-hydrogen) atoms. The molecule has 138 valence electrons. The monoisotopic (exact) mass is 333 g/mol. The van der Waals surface area contributed by atoms with Gasteiger partial charge in [-0.3, -0.25) is 0 Å². The number of rotatable bonds is 15. The molecule has 0 spiro atoms. The molecule has 3 nitrogen and oxygen atoms in total. The maximum atomic E-state index is 3.82. The third-order valence-corrected chi connectivity index (χ3v) is 5.25. The second kappa shape index (κ2) is 15.3. The summed E-state index contributed by atoms with van der Waals surface area (Å²) < 4.78 is 0. The van der Waals surface area contributed by atoms with Gasteiger partial charge in [0.05, 0.1) is 0 Å². The second-order valence-electron chi connectivity index (χ2n) is 7.71. The molecule has 0 aromatic carbocycles. The van der Waals surface area contributed by atoms with Crippen LogP contribution in [0, 0.1) is 0 Å². The molecule has 1 saturated heterocycles. The average Bonchev–Trinajstić information content (AvgIpc) is 2.59. The molecule has 0 bridgehead atoms. The van der Waals surface area contributed by atoms with Crippen molar-refractivity contribution in [3.05, 3.63) is 0 Å². The Hall–Kier alpha value is 0.0748. The van der Waals surface area contributed by atoms with E-state index in [1.165, 1.54) is 96.0 Å². The fourth-order valence-corrected chi connectivity index (χ4v) is 3.70. The highest BCUT2D eigenvalue weighted by molar-refractivity contribution is 6.87. The van der Waals surface area contributed by atoms with Gasteiger partial charge < -0.3 is 15.4 Å². The van der Waals surface area contributed by atoms with Crippen LogP contribution in [0.25, 0.3) is 0 Å². The maximum Gasteiger partial charge on any atom is 0.284 e. The summed E-state index contributed by atoms with van der Waals surface area (Å²) in [6.07, 6.45) is 20.1. The van der Waals surface area contributed by atoms with Crippen molar-refractivity contribution >= 4 is 20.9 Å². The molecule has 0 radical (unpaired) electrons. The van der Waals surface area contributed by atoms with Crippen LogP contribution in [0.4, 0.5) is 0 Å². The van der Waals surface area contributed by atoms with Crippen LogP contribution in [0.3, 0.4) is 0 Å². The lowest BCUT2D eigenvalue weighted by molar-refractivity contribution is 0.687. The first-order valence-corrected chi connectivity index (χ1v) is 11.1. The van der Waals surface area contributed by atoms with Crippen LogP contribution < -0.4 is 15.4 Å². The fourth-order valence-electron chi connectivity index (χ4n) is 3.70. The first-order valence-electron chi connectivity index (χ1n) is 11.1. The molecule has 1 aliphatic rings. The molecule has 0 unspecified atom stereocenters. The molecule has 0 aliphatic carbocycles. The summed E-state index contributed by atoms with van der Waals surface area (Å²) in [7, 11) is 0. The third kappa shape index (κ3) is 10.8. The SMILES string of the molecule is CCCCCCB1NB(CCCCCC)NB(CCCCCC)N1. The molecule has 0 saturated carbocycles. The van der Waals surface area contributed by atoms with Crippen LogP contribution >= 0.6 is 0 Å². The lowest BCUT2D eigenvalue weighted by atomic mass is 9.45. The first kappa shape index (κ1) is 22.1. The molecule has 0 amide bonds. The minimum atomic E-state index is 0.510. The summed E-state index contributed by atoms with van der Waals surface area (Å²) in [6, 6.07) is 0. The summed E-state index contributed by atoms with van der Waals surface area (Å²) in [6.45, 7) is 8.40. The van der Waals surface area contributed by atoms with Crippen LogP contribution in [-0.4, -0.2) is 20.9 Å². The van der Waals surface area contributed by atoms with Gasteiger partial charge in [-0.25, -0.2) is 0 Å². The quantitative estimate of drug-likeness (QED) is 0.292. The van der Waals surface area contributed by atoms with Gasteiger partial charge in [-0.2, -0.15) is 0 Å². The molecular formula is C18H42B3N3. The molecule has 0 aromatic heterocycles. The van der Waals surface area contributed by atoms with E-state index in [9.17, 15) is 0 Å². The number of nitrogens with one attached hydrogen (secondary N) is 3. The highest BCUT2D eigenvalue weighted by atomic mass is 15.0. The molecule has 0 aromatic rings. The lowest BCUT2D eigenvalue weighted by Crippen LogP contribution is -2.74. The fraction of sp³-hybridized carbons (Fsp3) is 1.00. The van der Waals surface area contributed by atoms with Gasteiger partial charge in [0.15, 0.2) is 0 Å².